The van der Waals surface area contributed by atoms with Crippen LogP contribution in [0.2, 0.25) is 0 Å². The van der Waals surface area contributed by atoms with Crippen LogP contribution in [0.15, 0.2) is 41.2 Å². The first-order valence-corrected chi connectivity index (χ1v) is 9.89. The Morgan fingerprint density at radius 1 is 1.21 bits per heavy atom. The van der Waals surface area contributed by atoms with Crippen LogP contribution in [-0.2, 0) is 18.0 Å². The second-order valence-corrected chi connectivity index (χ2v) is 7.34. The first-order chi connectivity index (χ1) is 15.7. The minimum absolute atomic E-state index is 0.159. The summed E-state index contributed by atoms with van der Waals surface area (Å²) in [4.78, 5) is 30.3. The van der Waals surface area contributed by atoms with Crippen LogP contribution in [0.4, 0.5) is 13.2 Å². The van der Waals surface area contributed by atoms with Gasteiger partial charge >= 0.3 is 12.1 Å². The summed E-state index contributed by atoms with van der Waals surface area (Å²) in [7, 11) is 1.72. The lowest BCUT2D eigenvalue weighted by atomic mass is 10.1. The third kappa shape index (κ3) is 5.03. The number of halogens is 3. The highest BCUT2D eigenvalue weighted by atomic mass is 19.4. The molecule has 1 aliphatic rings. The van der Waals surface area contributed by atoms with E-state index in [4.69, 9.17) is 4.74 Å². The normalized spacial score (nSPS) is 16.6. The number of rotatable bonds is 5. The van der Waals surface area contributed by atoms with Gasteiger partial charge in [0.2, 0.25) is 5.82 Å². The molecule has 0 spiro atoms. The predicted octanol–water partition coefficient (Wildman–Crippen LogP) is 1.76. The summed E-state index contributed by atoms with van der Waals surface area (Å²) in [5, 5.41) is 10.1. The van der Waals surface area contributed by atoms with Crippen molar-refractivity contribution in [2.45, 2.75) is 12.2 Å². The number of carbonyl (C=O) groups is 2. The summed E-state index contributed by atoms with van der Waals surface area (Å²) >= 11 is 0. The molecular weight excluding hydrogens is 445 g/mol. The van der Waals surface area contributed by atoms with Gasteiger partial charge in [0.25, 0.3) is 11.8 Å². The van der Waals surface area contributed by atoms with E-state index in [1.165, 1.54) is 35.1 Å². The number of ether oxygens (including phenoxy) is 1. The van der Waals surface area contributed by atoms with Crippen LogP contribution in [0.5, 0.6) is 0 Å². The number of aromatic nitrogens is 4. The van der Waals surface area contributed by atoms with E-state index >= 15 is 0 Å². The standard InChI is InChI=1S/C20H19F3N6O4/c1-28-10-14(8-25-28)18(31)29-6-7-32-11-15(29)9-24-17(30)13-4-2-12(3-5-13)16-26-19(33-27-16)20(21,22)23/h2-5,8,10,15H,6-7,9,11H2,1H3,(H,24,30)/t15-/m0/s1. The van der Waals surface area contributed by atoms with Gasteiger partial charge in [-0.1, -0.05) is 17.3 Å². The van der Waals surface area contributed by atoms with Crippen molar-refractivity contribution in [2.24, 2.45) is 7.05 Å². The maximum atomic E-state index is 12.8. The lowest BCUT2D eigenvalue weighted by Gasteiger charge is -2.35. The van der Waals surface area contributed by atoms with Crippen LogP contribution in [-0.4, -0.2) is 69.0 Å². The molecule has 2 aromatic heterocycles. The fourth-order valence-corrected chi connectivity index (χ4v) is 3.33. The van der Waals surface area contributed by atoms with E-state index in [0.717, 1.165) is 0 Å². The number of amides is 2. The van der Waals surface area contributed by atoms with Gasteiger partial charge in [0.05, 0.1) is 31.0 Å². The highest BCUT2D eigenvalue weighted by Crippen LogP contribution is 2.29. The quantitative estimate of drug-likeness (QED) is 0.612. The number of morpholine rings is 1. The van der Waals surface area contributed by atoms with Crippen molar-refractivity contribution >= 4 is 11.8 Å². The molecule has 174 valence electrons. The Bertz CT molecular complexity index is 1140. The molecule has 1 N–H and O–H groups in total. The van der Waals surface area contributed by atoms with Gasteiger partial charge in [-0.3, -0.25) is 14.3 Å². The molecule has 1 aliphatic heterocycles. The number of nitrogens with one attached hydrogen (secondary N) is 1. The van der Waals surface area contributed by atoms with Gasteiger partial charge in [-0.05, 0) is 12.1 Å². The topological polar surface area (TPSA) is 115 Å². The van der Waals surface area contributed by atoms with Crippen molar-refractivity contribution in [2.75, 3.05) is 26.3 Å². The molecule has 0 unspecified atom stereocenters. The highest BCUT2D eigenvalue weighted by Gasteiger charge is 2.38. The lowest BCUT2D eigenvalue weighted by Crippen LogP contribution is -2.53. The number of hydrogen-bond acceptors (Lipinski definition) is 7. The van der Waals surface area contributed by atoms with Crippen molar-refractivity contribution in [3.05, 3.63) is 53.7 Å². The van der Waals surface area contributed by atoms with Crippen molar-refractivity contribution in [3.63, 3.8) is 0 Å². The average molecular weight is 464 g/mol. The van der Waals surface area contributed by atoms with Gasteiger partial charge in [-0.15, -0.1) is 0 Å². The van der Waals surface area contributed by atoms with Gasteiger partial charge in [-0.2, -0.15) is 23.3 Å². The monoisotopic (exact) mass is 464 g/mol. The first-order valence-electron chi connectivity index (χ1n) is 9.89. The van der Waals surface area contributed by atoms with Crippen molar-refractivity contribution in [1.82, 2.24) is 30.1 Å². The van der Waals surface area contributed by atoms with Crippen molar-refractivity contribution < 1.29 is 32.0 Å². The molecular formula is C20H19F3N6O4. The van der Waals surface area contributed by atoms with E-state index in [0.29, 0.717) is 18.7 Å². The van der Waals surface area contributed by atoms with E-state index in [-0.39, 0.29) is 42.1 Å². The summed E-state index contributed by atoms with van der Waals surface area (Å²) in [5.41, 5.74) is 0.987. The molecule has 10 nitrogen and oxygen atoms in total. The fourth-order valence-electron chi connectivity index (χ4n) is 3.33. The number of benzene rings is 1. The molecule has 0 aliphatic carbocycles. The number of carbonyl (C=O) groups excluding carboxylic acids is 2. The summed E-state index contributed by atoms with van der Waals surface area (Å²) in [5.74, 6) is -2.30. The van der Waals surface area contributed by atoms with Gasteiger partial charge in [0.15, 0.2) is 0 Å². The molecule has 3 aromatic rings. The minimum atomic E-state index is -4.74. The maximum absolute atomic E-state index is 12.8. The summed E-state index contributed by atoms with van der Waals surface area (Å²) < 4.78 is 49.1. The number of nitrogens with zero attached hydrogens (tertiary/aromatic N) is 5. The predicted molar refractivity (Wildman–Crippen MR) is 106 cm³/mol. The van der Waals surface area contributed by atoms with Crippen LogP contribution >= 0.6 is 0 Å². The Morgan fingerprint density at radius 3 is 2.61 bits per heavy atom. The van der Waals surface area contributed by atoms with Crippen LogP contribution in [0, 0.1) is 0 Å². The van der Waals surface area contributed by atoms with E-state index < -0.39 is 18.0 Å². The molecule has 33 heavy (non-hydrogen) atoms. The molecule has 0 bridgehead atoms. The van der Waals surface area contributed by atoms with Crippen molar-refractivity contribution in [1.29, 1.82) is 0 Å². The molecule has 13 heteroatoms. The van der Waals surface area contributed by atoms with Crippen LogP contribution in [0.25, 0.3) is 11.4 Å². The number of hydrogen-bond donors (Lipinski definition) is 1. The molecule has 2 amide bonds. The highest BCUT2D eigenvalue weighted by molar-refractivity contribution is 5.95. The van der Waals surface area contributed by atoms with Crippen LogP contribution in [0.3, 0.4) is 0 Å². The molecule has 1 atom stereocenters. The second kappa shape index (κ2) is 9.02. The first kappa shape index (κ1) is 22.5. The van der Waals surface area contributed by atoms with E-state index in [2.05, 4.69) is 25.1 Å². The average Bonchev–Trinajstić information content (AvgIpc) is 3.47. The van der Waals surface area contributed by atoms with Crippen LogP contribution in [0.1, 0.15) is 26.6 Å². The zero-order valence-corrected chi connectivity index (χ0v) is 17.4. The maximum Gasteiger partial charge on any atom is 0.471 e. The molecule has 1 fully saturated rings. The summed E-state index contributed by atoms with van der Waals surface area (Å²) in [6.45, 7) is 1.20. The number of aryl methyl sites for hydroxylation is 1. The zero-order valence-electron chi connectivity index (χ0n) is 17.4. The van der Waals surface area contributed by atoms with E-state index in [9.17, 15) is 22.8 Å². The Morgan fingerprint density at radius 2 is 1.97 bits per heavy atom. The number of alkyl halides is 3. The molecule has 0 saturated carbocycles. The van der Waals surface area contributed by atoms with Gasteiger partial charge < -0.3 is 19.5 Å². The largest absolute Gasteiger partial charge is 0.471 e. The Labute approximate surface area is 185 Å². The Kier molecular flexibility index (Phi) is 6.14. The third-order valence-corrected chi connectivity index (χ3v) is 5.01. The second-order valence-electron chi connectivity index (χ2n) is 7.34. The van der Waals surface area contributed by atoms with E-state index in [1.54, 1.807) is 18.1 Å². The minimum Gasteiger partial charge on any atom is -0.377 e. The molecule has 3 heterocycles. The molecule has 1 aromatic carbocycles. The van der Waals surface area contributed by atoms with Gasteiger partial charge in [-0.25, -0.2) is 0 Å². The fraction of sp³-hybridized carbons (Fsp3) is 0.350. The Hall–Kier alpha value is -3.74. The SMILES string of the molecule is Cn1cc(C(=O)N2CCOC[C@@H]2CNC(=O)c2ccc(-c3noc(C(F)(F)F)n3)cc2)cn1. The molecule has 4 rings (SSSR count). The smallest absolute Gasteiger partial charge is 0.377 e. The molecule has 0 radical (unpaired) electrons. The van der Waals surface area contributed by atoms with Gasteiger partial charge in [0, 0.05) is 37.5 Å². The third-order valence-electron chi connectivity index (χ3n) is 5.01. The molecule has 1 saturated heterocycles. The Balaban J connectivity index is 1.38. The van der Waals surface area contributed by atoms with Crippen molar-refractivity contribution in [3.8, 4) is 11.4 Å². The van der Waals surface area contributed by atoms with Gasteiger partial charge in [0.1, 0.15) is 0 Å². The lowest BCUT2D eigenvalue weighted by molar-refractivity contribution is -0.159. The van der Waals surface area contributed by atoms with E-state index in [1.807, 2.05) is 0 Å². The summed E-state index contributed by atoms with van der Waals surface area (Å²) in [6.07, 6.45) is -1.63. The summed E-state index contributed by atoms with van der Waals surface area (Å²) in [6, 6.07) is 5.34. The zero-order chi connectivity index (χ0) is 23.6. The van der Waals surface area contributed by atoms with Crippen LogP contribution < -0.4 is 5.32 Å².